The number of anilines is 1. The van der Waals surface area contributed by atoms with Crippen LogP contribution in [-0.4, -0.2) is 16.1 Å². The van der Waals surface area contributed by atoms with Gasteiger partial charge in [0.15, 0.2) is 0 Å². The molecule has 0 bridgehead atoms. The van der Waals surface area contributed by atoms with Gasteiger partial charge in [-0.05, 0) is 12.1 Å². The molecule has 0 saturated heterocycles. The molecule has 0 atom stereocenters. The molecule has 7 heteroatoms. The van der Waals surface area contributed by atoms with Crippen LogP contribution in [0.5, 0.6) is 0 Å². The lowest BCUT2D eigenvalue weighted by Gasteiger charge is -2.07. The first-order valence-corrected chi connectivity index (χ1v) is 5.47. The number of hydrogen-bond acceptors (Lipinski definition) is 3. The Kier molecular flexibility index (Phi) is 3.47. The number of aromatic nitrogens is 2. The highest BCUT2D eigenvalue weighted by Gasteiger charge is 2.15. The van der Waals surface area contributed by atoms with Gasteiger partial charge in [0, 0.05) is 12.1 Å². The molecule has 0 spiro atoms. The maximum atomic E-state index is 13.5. The van der Waals surface area contributed by atoms with Crippen molar-refractivity contribution in [2.45, 2.75) is 6.54 Å². The van der Waals surface area contributed by atoms with Crippen molar-refractivity contribution in [1.82, 2.24) is 15.5 Å². The fourth-order valence-corrected chi connectivity index (χ4v) is 1.69. The summed E-state index contributed by atoms with van der Waals surface area (Å²) in [4.78, 5) is 11.8. The quantitative estimate of drug-likeness (QED) is 0.792. The van der Waals surface area contributed by atoms with Crippen LogP contribution in [0.15, 0.2) is 24.4 Å². The number of rotatable bonds is 3. The number of carbonyl (C=O) groups excluding carboxylic acids is 1. The van der Waals surface area contributed by atoms with Gasteiger partial charge in [0.2, 0.25) is 0 Å². The van der Waals surface area contributed by atoms with E-state index >= 15 is 0 Å². The molecular formula is C11H10ClFN4O. The zero-order valence-electron chi connectivity index (χ0n) is 9.21. The van der Waals surface area contributed by atoms with E-state index in [1.165, 1.54) is 24.4 Å². The molecule has 0 aliphatic rings. The lowest BCUT2D eigenvalue weighted by atomic mass is 10.2. The summed E-state index contributed by atoms with van der Waals surface area (Å²) in [6.07, 6.45) is 1.48. The molecule has 1 amide bonds. The highest BCUT2D eigenvalue weighted by molar-refractivity contribution is 6.33. The Morgan fingerprint density at radius 2 is 2.33 bits per heavy atom. The van der Waals surface area contributed by atoms with E-state index in [1.54, 1.807) is 0 Å². The zero-order chi connectivity index (χ0) is 13.1. The van der Waals surface area contributed by atoms with E-state index in [0.717, 1.165) is 0 Å². The molecule has 0 aliphatic heterocycles. The summed E-state index contributed by atoms with van der Waals surface area (Å²) >= 11 is 5.77. The number of nitrogen functional groups attached to an aromatic ring is 1. The second kappa shape index (κ2) is 5.05. The molecule has 0 saturated carbocycles. The van der Waals surface area contributed by atoms with Crippen molar-refractivity contribution < 1.29 is 9.18 Å². The van der Waals surface area contributed by atoms with E-state index in [1.807, 2.05) is 0 Å². The van der Waals surface area contributed by atoms with Gasteiger partial charge in [-0.1, -0.05) is 17.7 Å². The lowest BCUT2D eigenvalue weighted by molar-refractivity contribution is 0.0947. The minimum absolute atomic E-state index is 0.0627. The van der Waals surface area contributed by atoms with Gasteiger partial charge in [0.25, 0.3) is 5.91 Å². The van der Waals surface area contributed by atoms with Crippen LogP contribution in [0.1, 0.15) is 15.9 Å². The van der Waals surface area contributed by atoms with Crippen LogP contribution in [0.25, 0.3) is 0 Å². The van der Waals surface area contributed by atoms with Gasteiger partial charge in [0.1, 0.15) is 11.6 Å². The van der Waals surface area contributed by atoms with Crippen LogP contribution < -0.4 is 11.1 Å². The summed E-state index contributed by atoms with van der Waals surface area (Å²) in [6, 6.07) is 4.06. The van der Waals surface area contributed by atoms with Gasteiger partial charge in [-0.2, -0.15) is 5.10 Å². The molecule has 0 fully saturated rings. The van der Waals surface area contributed by atoms with Gasteiger partial charge in [-0.15, -0.1) is 0 Å². The highest BCUT2D eigenvalue weighted by Crippen LogP contribution is 2.18. The molecule has 94 valence electrons. The number of amides is 1. The van der Waals surface area contributed by atoms with Crippen LogP contribution in [0.4, 0.5) is 10.2 Å². The largest absolute Gasteiger partial charge is 0.384 e. The van der Waals surface area contributed by atoms with E-state index in [9.17, 15) is 9.18 Å². The SMILES string of the molecule is Nc1[nH]ncc1CNC(=O)c1c(F)cccc1Cl. The summed E-state index contributed by atoms with van der Waals surface area (Å²) in [5.74, 6) is -0.909. The Morgan fingerprint density at radius 3 is 2.94 bits per heavy atom. The molecule has 5 nitrogen and oxygen atoms in total. The smallest absolute Gasteiger partial charge is 0.256 e. The summed E-state index contributed by atoms with van der Waals surface area (Å²) in [7, 11) is 0. The molecule has 0 radical (unpaired) electrons. The van der Waals surface area contributed by atoms with E-state index < -0.39 is 11.7 Å². The van der Waals surface area contributed by atoms with E-state index in [0.29, 0.717) is 11.4 Å². The number of nitrogens with two attached hydrogens (primary N) is 1. The topological polar surface area (TPSA) is 83.8 Å². The Balaban J connectivity index is 2.11. The number of nitrogens with one attached hydrogen (secondary N) is 2. The van der Waals surface area contributed by atoms with Crippen molar-refractivity contribution in [3.05, 3.63) is 46.4 Å². The summed E-state index contributed by atoms with van der Waals surface area (Å²) in [5.41, 5.74) is 6.00. The number of carbonyl (C=O) groups is 1. The highest BCUT2D eigenvalue weighted by atomic mass is 35.5. The molecule has 2 rings (SSSR count). The van der Waals surface area contributed by atoms with Crippen molar-refractivity contribution in [2.75, 3.05) is 5.73 Å². The summed E-state index contributed by atoms with van der Waals surface area (Å²) in [5, 5.41) is 8.82. The number of nitrogens with zero attached hydrogens (tertiary/aromatic N) is 1. The number of benzene rings is 1. The van der Waals surface area contributed by atoms with E-state index in [2.05, 4.69) is 15.5 Å². The average Bonchev–Trinajstić information content (AvgIpc) is 2.72. The van der Waals surface area contributed by atoms with Crippen LogP contribution in [-0.2, 0) is 6.54 Å². The van der Waals surface area contributed by atoms with Gasteiger partial charge in [-0.3, -0.25) is 9.89 Å². The second-order valence-electron chi connectivity index (χ2n) is 3.59. The van der Waals surface area contributed by atoms with Gasteiger partial charge in [-0.25, -0.2) is 4.39 Å². The normalized spacial score (nSPS) is 10.3. The first-order chi connectivity index (χ1) is 8.59. The third-order valence-corrected chi connectivity index (χ3v) is 2.70. The Labute approximate surface area is 107 Å². The van der Waals surface area contributed by atoms with Crippen LogP contribution >= 0.6 is 11.6 Å². The third kappa shape index (κ3) is 2.43. The Morgan fingerprint density at radius 1 is 1.56 bits per heavy atom. The first kappa shape index (κ1) is 12.4. The van der Waals surface area contributed by atoms with Crippen LogP contribution in [0.2, 0.25) is 5.02 Å². The minimum Gasteiger partial charge on any atom is -0.384 e. The van der Waals surface area contributed by atoms with Crippen molar-refractivity contribution in [1.29, 1.82) is 0 Å². The zero-order valence-corrected chi connectivity index (χ0v) is 9.96. The van der Waals surface area contributed by atoms with Crippen LogP contribution in [0.3, 0.4) is 0 Å². The van der Waals surface area contributed by atoms with E-state index in [-0.39, 0.29) is 17.1 Å². The number of H-pyrrole nitrogens is 1. The summed E-state index contributed by atoms with van der Waals surface area (Å²) < 4.78 is 13.5. The molecule has 4 N–H and O–H groups in total. The Bertz CT molecular complexity index is 564. The molecule has 18 heavy (non-hydrogen) atoms. The second-order valence-corrected chi connectivity index (χ2v) is 4.00. The standard InChI is InChI=1S/C11H10ClFN4O/c12-7-2-1-3-8(13)9(7)11(18)15-4-6-5-16-17-10(6)14/h1-3,5H,4H2,(H,15,18)(H3,14,16,17). The fourth-order valence-electron chi connectivity index (χ4n) is 1.44. The lowest BCUT2D eigenvalue weighted by Crippen LogP contribution is -2.24. The Hall–Kier alpha value is -2.08. The maximum Gasteiger partial charge on any atom is 0.256 e. The predicted molar refractivity (Wildman–Crippen MR) is 65.6 cm³/mol. The molecule has 1 heterocycles. The molecule has 2 aromatic rings. The van der Waals surface area contributed by atoms with E-state index in [4.69, 9.17) is 17.3 Å². The molecule has 1 aromatic heterocycles. The van der Waals surface area contributed by atoms with Gasteiger partial charge in [0.05, 0.1) is 16.8 Å². The predicted octanol–water partition coefficient (Wildman–Crippen LogP) is 1.71. The van der Waals surface area contributed by atoms with Crippen LogP contribution in [0, 0.1) is 5.82 Å². The fraction of sp³-hybridized carbons (Fsp3) is 0.0909. The van der Waals surface area contributed by atoms with Crippen molar-refractivity contribution in [3.63, 3.8) is 0 Å². The monoisotopic (exact) mass is 268 g/mol. The number of halogens is 2. The average molecular weight is 269 g/mol. The van der Waals surface area contributed by atoms with Crippen molar-refractivity contribution in [3.8, 4) is 0 Å². The molecule has 0 unspecified atom stereocenters. The molecule has 1 aromatic carbocycles. The summed E-state index contributed by atoms with van der Waals surface area (Å²) in [6.45, 7) is 0.145. The first-order valence-electron chi connectivity index (χ1n) is 5.09. The van der Waals surface area contributed by atoms with Crippen molar-refractivity contribution >= 4 is 23.3 Å². The third-order valence-electron chi connectivity index (χ3n) is 2.38. The molecule has 0 aliphatic carbocycles. The van der Waals surface area contributed by atoms with Gasteiger partial charge >= 0.3 is 0 Å². The molecular weight excluding hydrogens is 259 g/mol. The van der Waals surface area contributed by atoms with Gasteiger partial charge < -0.3 is 11.1 Å². The number of hydrogen-bond donors (Lipinski definition) is 3. The van der Waals surface area contributed by atoms with Crippen molar-refractivity contribution in [2.24, 2.45) is 0 Å². The maximum absolute atomic E-state index is 13.5. The number of aromatic amines is 1. The minimum atomic E-state index is -0.667.